The van der Waals surface area contributed by atoms with Gasteiger partial charge in [0.15, 0.2) is 0 Å². The van der Waals surface area contributed by atoms with Crippen LogP contribution in [0.1, 0.15) is 27.0 Å². The number of hydrogen-bond acceptors (Lipinski definition) is 4. The highest BCUT2D eigenvalue weighted by molar-refractivity contribution is 6.05. The Morgan fingerprint density at radius 1 is 0.974 bits per heavy atom. The van der Waals surface area contributed by atoms with E-state index in [4.69, 9.17) is 0 Å². The summed E-state index contributed by atoms with van der Waals surface area (Å²) in [4.78, 5) is 45.3. The Labute approximate surface area is 221 Å². The number of urea groups is 1. The third kappa shape index (κ3) is 5.60. The topological polar surface area (TPSA) is 97.5 Å². The second-order valence-corrected chi connectivity index (χ2v) is 9.90. The first-order valence-corrected chi connectivity index (χ1v) is 12.7. The van der Waals surface area contributed by atoms with E-state index in [9.17, 15) is 14.4 Å². The largest absolute Gasteiger partial charge is 0.361 e. The Morgan fingerprint density at radius 2 is 1.79 bits per heavy atom. The van der Waals surface area contributed by atoms with E-state index in [1.807, 2.05) is 54.7 Å². The summed E-state index contributed by atoms with van der Waals surface area (Å²) >= 11 is 0. The van der Waals surface area contributed by atoms with Crippen molar-refractivity contribution < 1.29 is 14.4 Å². The maximum atomic E-state index is 13.2. The number of hydrogen-bond donors (Lipinski definition) is 3. The maximum absolute atomic E-state index is 13.2. The predicted molar refractivity (Wildman–Crippen MR) is 148 cm³/mol. The van der Waals surface area contributed by atoms with Gasteiger partial charge in [0.25, 0.3) is 11.8 Å². The maximum Gasteiger partial charge on any atom is 0.325 e. The average molecular weight is 510 g/mol. The third-order valence-electron chi connectivity index (χ3n) is 6.77. The first kappa shape index (κ1) is 25.2. The highest BCUT2D eigenvalue weighted by atomic mass is 16.2. The van der Waals surface area contributed by atoms with Gasteiger partial charge in [-0.15, -0.1) is 0 Å². The van der Waals surface area contributed by atoms with Crippen molar-refractivity contribution in [2.75, 3.05) is 26.0 Å². The number of nitrogens with one attached hydrogen (secondary N) is 3. The fraction of sp³-hybridized carbons (Fsp3) is 0.233. The van der Waals surface area contributed by atoms with Gasteiger partial charge in [0.05, 0.1) is 6.54 Å². The molecule has 1 aliphatic rings. The van der Waals surface area contributed by atoms with Crippen LogP contribution in [0.5, 0.6) is 0 Å². The summed E-state index contributed by atoms with van der Waals surface area (Å²) in [6.45, 7) is 1.04. The molecule has 8 heteroatoms. The van der Waals surface area contributed by atoms with E-state index < -0.39 is 12.1 Å². The van der Waals surface area contributed by atoms with E-state index in [1.54, 1.807) is 18.2 Å². The molecule has 0 aliphatic carbocycles. The van der Waals surface area contributed by atoms with Crippen LogP contribution in [0.15, 0.2) is 79.0 Å². The SMILES string of the molecule is CN(C)CCc1c[nH]c2ccc(CC3NC(=O)N(Cc4cccc(C(=O)Nc5ccccc5)c4)C3=O)cc12. The molecule has 1 unspecified atom stereocenters. The Kier molecular flexibility index (Phi) is 7.24. The summed E-state index contributed by atoms with van der Waals surface area (Å²) in [5, 5.41) is 6.83. The quantitative estimate of drug-likeness (QED) is 0.295. The van der Waals surface area contributed by atoms with Gasteiger partial charge in [0, 0.05) is 41.3 Å². The van der Waals surface area contributed by atoms with E-state index in [0.29, 0.717) is 23.2 Å². The molecule has 194 valence electrons. The Morgan fingerprint density at radius 3 is 2.58 bits per heavy atom. The number of para-hydroxylation sites is 1. The first-order valence-electron chi connectivity index (χ1n) is 12.7. The molecule has 0 radical (unpaired) electrons. The van der Waals surface area contributed by atoms with Crippen molar-refractivity contribution >= 4 is 34.4 Å². The smallest absolute Gasteiger partial charge is 0.325 e. The van der Waals surface area contributed by atoms with Crippen LogP contribution in [0, 0.1) is 0 Å². The number of aromatic nitrogens is 1. The van der Waals surface area contributed by atoms with Gasteiger partial charge in [-0.2, -0.15) is 0 Å². The fourth-order valence-corrected chi connectivity index (χ4v) is 4.72. The normalized spacial score (nSPS) is 15.3. The first-order chi connectivity index (χ1) is 18.4. The molecule has 0 spiro atoms. The molecule has 4 amide bonds. The van der Waals surface area contributed by atoms with Crippen LogP contribution in [0.4, 0.5) is 10.5 Å². The zero-order valence-electron chi connectivity index (χ0n) is 21.5. The zero-order valence-corrected chi connectivity index (χ0v) is 21.5. The lowest BCUT2D eigenvalue weighted by atomic mass is 10.0. The van der Waals surface area contributed by atoms with Crippen molar-refractivity contribution in [2.24, 2.45) is 0 Å². The fourth-order valence-electron chi connectivity index (χ4n) is 4.72. The number of imide groups is 1. The van der Waals surface area contributed by atoms with Gasteiger partial charge in [-0.05, 0) is 73.6 Å². The Bertz CT molecular complexity index is 1480. The van der Waals surface area contributed by atoms with Gasteiger partial charge < -0.3 is 20.5 Å². The number of amides is 4. The number of aromatic amines is 1. The molecule has 3 N–H and O–H groups in total. The number of fused-ring (bicyclic) bond motifs is 1. The van der Waals surface area contributed by atoms with Crippen molar-refractivity contribution in [3.63, 3.8) is 0 Å². The molecule has 0 bridgehead atoms. The molecule has 0 saturated carbocycles. The van der Waals surface area contributed by atoms with Crippen LogP contribution in [-0.2, 0) is 24.2 Å². The minimum Gasteiger partial charge on any atom is -0.361 e. The summed E-state index contributed by atoms with van der Waals surface area (Å²) in [6, 6.07) is 21.2. The number of carbonyl (C=O) groups excluding carboxylic acids is 3. The summed E-state index contributed by atoms with van der Waals surface area (Å²) in [7, 11) is 4.10. The lowest BCUT2D eigenvalue weighted by molar-refractivity contribution is -0.127. The van der Waals surface area contributed by atoms with Crippen molar-refractivity contribution in [2.45, 2.75) is 25.4 Å². The lowest BCUT2D eigenvalue weighted by Crippen LogP contribution is -2.32. The number of rotatable bonds is 9. The Balaban J connectivity index is 1.26. The molecule has 1 saturated heterocycles. The van der Waals surface area contributed by atoms with E-state index in [1.165, 1.54) is 10.5 Å². The van der Waals surface area contributed by atoms with Crippen molar-refractivity contribution in [3.8, 4) is 0 Å². The van der Waals surface area contributed by atoms with Gasteiger partial charge in [-0.3, -0.25) is 14.5 Å². The molecule has 1 aromatic heterocycles. The molecule has 1 atom stereocenters. The number of benzene rings is 3. The number of nitrogens with zero attached hydrogens (tertiary/aromatic N) is 2. The molecule has 5 rings (SSSR count). The number of carbonyl (C=O) groups is 3. The van der Waals surface area contributed by atoms with Gasteiger partial charge >= 0.3 is 6.03 Å². The van der Waals surface area contributed by atoms with Crippen LogP contribution in [0.3, 0.4) is 0 Å². The van der Waals surface area contributed by atoms with E-state index in [2.05, 4.69) is 40.7 Å². The van der Waals surface area contributed by atoms with Gasteiger partial charge in [0.2, 0.25) is 0 Å². The highest BCUT2D eigenvalue weighted by Gasteiger charge is 2.37. The summed E-state index contributed by atoms with van der Waals surface area (Å²) in [6.07, 6.45) is 3.37. The molecule has 3 aromatic carbocycles. The minimum absolute atomic E-state index is 0.0964. The van der Waals surface area contributed by atoms with E-state index >= 15 is 0 Å². The number of likely N-dealkylation sites (N-methyl/N-ethyl adjacent to an activating group) is 1. The molecule has 1 aliphatic heterocycles. The van der Waals surface area contributed by atoms with E-state index in [0.717, 1.165) is 29.4 Å². The van der Waals surface area contributed by atoms with Crippen LogP contribution < -0.4 is 10.6 Å². The second-order valence-electron chi connectivity index (χ2n) is 9.90. The van der Waals surface area contributed by atoms with Crippen molar-refractivity contribution in [1.29, 1.82) is 0 Å². The molecule has 1 fully saturated rings. The van der Waals surface area contributed by atoms with Crippen molar-refractivity contribution in [1.82, 2.24) is 20.1 Å². The number of anilines is 1. The van der Waals surface area contributed by atoms with Gasteiger partial charge in [0.1, 0.15) is 6.04 Å². The summed E-state index contributed by atoms with van der Waals surface area (Å²) in [5.74, 6) is -0.519. The minimum atomic E-state index is -0.631. The summed E-state index contributed by atoms with van der Waals surface area (Å²) < 4.78 is 0. The van der Waals surface area contributed by atoms with Crippen LogP contribution >= 0.6 is 0 Å². The Hall–Kier alpha value is -4.43. The lowest BCUT2D eigenvalue weighted by Gasteiger charge is -2.14. The molecule has 4 aromatic rings. The summed E-state index contributed by atoms with van der Waals surface area (Å²) in [5.41, 5.74) is 5.14. The highest BCUT2D eigenvalue weighted by Crippen LogP contribution is 2.23. The zero-order chi connectivity index (χ0) is 26.6. The second kappa shape index (κ2) is 10.9. The van der Waals surface area contributed by atoms with Gasteiger partial charge in [-0.25, -0.2) is 4.79 Å². The molecular formula is C30H31N5O3. The molecular weight excluding hydrogens is 478 g/mol. The molecule has 8 nitrogen and oxygen atoms in total. The molecule has 2 heterocycles. The number of H-pyrrole nitrogens is 1. The van der Waals surface area contributed by atoms with Crippen molar-refractivity contribution in [3.05, 3.63) is 101 Å². The average Bonchev–Trinajstić information content (AvgIpc) is 3.43. The van der Waals surface area contributed by atoms with E-state index in [-0.39, 0.29) is 18.4 Å². The molecule has 38 heavy (non-hydrogen) atoms. The van der Waals surface area contributed by atoms with Gasteiger partial charge in [-0.1, -0.05) is 36.4 Å². The van der Waals surface area contributed by atoms with Crippen LogP contribution in [0.25, 0.3) is 10.9 Å². The van der Waals surface area contributed by atoms with Crippen LogP contribution in [0.2, 0.25) is 0 Å². The monoisotopic (exact) mass is 509 g/mol. The predicted octanol–water partition coefficient (Wildman–Crippen LogP) is 4.19. The van der Waals surface area contributed by atoms with Crippen LogP contribution in [-0.4, -0.2) is 59.3 Å². The standard InChI is InChI=1S/C30H31N5O3/c1-34(2)14-13-23-18-31-26-12-11-20(16-25(23)26)17-27-29(37)35(30(38)33-27)19-21-7-6-8-22(15-21)28(36)32-24-9-4-3-5-10-24/h3-12,15-16,18,27,31H,13-14,17,19H2,1-2H3,(H,32,36)(H,33,38). The third-order valence-corrected chi connectivity index (χ3v) is 6.77.